The molecule has 0 aliphatic carbocycles. The second kappa shape index (κ2) is 7.39. The average molecular weight is 369 g/mol. The number of hydrogen-bond acceptors (Lipinski definition) is 5. The van der Waals surface area contributed by atoms with Crippen molar-refractivity contribution in [2.24, 2.45) is 11.1 Å². The molecule has 0 aliphatic rings. The lowest BCUT2D eigenvalue weighted by molar-refractivity contribution is 0.0728. The number of hydrogen-bond donors (Lipinski definition) is 1. The van der Waals surface area contributed by atoms with Crippen molar-refractivity contribution in [2.75, 3.05) is 20.1 Å². The van der Waals surface area contributed by atoms with Crippen molar-refractivity contribution in [3.8, 4) is 16.4 Å². The molecule has 2 heterocycles. The third kappa shape index (κ3) is 3.84. The highest BCUT2D eigenvalue weighted by Crippen LogP contribution is 2.26. The highest BCUT2D eigenvalue weighted by Gasteiger charge is 2.26. The Kier molecular flexibility index (Phi) is 5.20. The number of nitrogens with zero attached hydrogens (tertiary/aromatic N) is 4. The van der Waals surface area contributed by atoms with E-state index >= 15 is 0 Å². The molecule has 2 aromatic heterocycles. The highest BCUT2D eigenvalue weighted by molar-refractivity contribution is 7.13. The molecule has 7 heteroatoms. The minimum Gasteiger partial charge on any atom is -0.338 e. The Morgan fingerprint density at radius 1 is 1.23 bits per heavy atom. The van der Waals surface area contributed by atoms with Gasteiger partial charge < -0.3 is 10.6 Å². The van der Waals surface area contributed by atoms with Crippen LogP contribution < -0.4 is 5.73 Å². The maximum absolute atomic E-state index is 12.9. The summed E-state index contributed by atoms with van der Waals surface area (Å²) in [6.07, 6.45) is 0. The van der Waals surface area contributed by atoms with Gasteiger partial charge in [-0.25, -0.2) is 9.67 Å². The monoisotopic (exact) mass is 369 g/mol. The molecule has 0 unspecified atom stereocenters. The third-order valence-electron chi connectivity index (χ3n) is 4.11. The Morgan fingerprint density at radius 3 is 2.58 bits per heavy atom. The number of carbonyl (C=O) groups excluding carboxylic acids is 1. The number of benzene rings is 1. The van der Waals surface area contributed by atoms with Crippen molar-refractivity contribution in [2.45, 2.75) is 13.8 Å². The fourth-order valence-corrected chi connectivity index (χ4v) is 3.36. The molecule has 1 aromatic carbocycles. The number of para-hydroxylation sites is 1. The minimum atomic E-state index is -0.209. The van der Waals surface area contributed by atoms with Crippen LogP contribution >= 0.6 is 11.3 Å². The van der Waals surface area contributed by atoms with Crippen molar-refractivity contribution < 1.29 is 4.79 Å². The average Bonchev–Trinajstić information content (AvgIpc) is 3.31. The molecule has 1 amide bonds. The predicted octanol–water partition coefficient (Wildman–Crippen LogP) is 3.05. The first-order valence-corrected chi connectivity index (χ1v) is 9.31. The van der Waals surface area contributed by atoms with Crippen LogP contribution in [0.25, 0.3) is 16.4 Å². The van der Waals surface area contributed by atoms with E-state index in [-0.39, 0.29) is 17.1 Å². The highest BCUT2D eigenvalue weighted by atomic mass is 32.1. The van der Waals surface area contributed by atoms with E-state index in [1.54, 1.807) is 28.0 Å². The van der Waals surface area contributed by atoms with Crippen LogP contribution in [0.4, 0.5) is 0 Å². The van der Waals surface area contributed by atoms with E-state index < -0.39 is 0 Å². The molecule has 26 heavy (non-hydrogen) atoms. The zero-order valence-corrected chi connectivity index (χ0v) is 16.0. The smallest absolute Gasteiger partial charge is 0.293 e. The molecule has 3 rings (SSSR count). The fourth-order valence-electron chi connectivity index (χ4n) is 2.67. The second-order valence-electron chi connectivity index (χ2n) is 7.01. The molecular weight excluding hydrogens is 346 g/mol. The molecule has 0 saturated carbocycles. The maximum Gasteiger partial charge on any atom is 0.293 e. The van der Waals surface area contributed by atoms with Crippen LogP contribution in [0.15, 0.2) is 47.8 Å². The van der Waals surface area contributed by atoms with Crippen molar-refractivity contribution in [1.29, 1.82) is 0 Å². The Labute approximate surface area is 157 Å². The first kappa shape index (κ1) is 18.3. The lowest BCUT2D eigenvalue weighted by Crippen LogP contribution is -2.40. The molecule has 0 spiro atoms. The van der Waals surface area contributed by atoms with Gasteiger partial charge in [0.15, 0.2) is 5.82 Å². The SMILES string of the molecule is CN(CC(C)(C)CN)C(=O)c1nc(-c2cccs2)n(-c2ccccc2)n1. The number of carbonyl (C=O) groups is 1. The summed E-state index contributed by atoms with van der Waals surface area (Å²) in [5.74, 6) is 0.646. The predicted molar refractivity (Wildman–Crippen MR) is 104 cm³/mol. The molecule has 0 aliphatic heterocycles. The van der Waals surface area contributed by atoms with Gasteiger partial charge in [-0.1, -0.05) is 38.1 Å². The van der Waals surface area contributed by atoms with E-state index in [1.807, 2.05) is 61.7 Å². The van der Waals surface area contributed by atoms with Crippen LogP contribution in [0.1, 0.15) is 24.5 Å². The standard InChI is InChI=1S/C19H23N5OS/c1-19(2,12-20)13-23(3)18(25)16-21-17(15-10-7-11-26-15)24(22-16)14-8-5-4-6-9-14/h4-11H,12-13,20H2,1-3H3. The molecule has 6 nitrogen and oxygen atoms in total. The molecular formula is C19H23N5OS. The van der Waals surface area contributed by atoms with Crippen molar-refractivity contribution >= 4 is 17.2 Å². The summed E-state index contributed by atoms with van der Waals surface area (Å²) >= 11 is 1.57. The van der Waals surface area contributed by atoms with Gasteiger partial charge in [0, 0.05) is 13.6 Å². The first-order valence-electron chi connectivity index (χ1n) is 8.43. The van der Waals surface area contributed by atoms with E-state index in [9.17, 15) is 4.79 Å². The molecule has 136 valence electrons. The van der Waals surface area contributed by atoms with E-state index in [2.05, 4.69) is 10.1 Å². The summed E-state index contributed by atoms with van der Waals surface area (Å²) in [4.78, 5) is 20.0. The molecule has 3 aromatic rings. The van der Waals surface area contributed by atoms with Gasteiger partial charge in [-0.05, 0) is 35.5 Å². The van der Waals surface area contributed by atoms with Crippen LogP contribution in [-0.2, 0) is 0 Å². The second-order valence-corrected chi connectivity index (χ2v) is 7.96. The van der Waals surface area contributed by atoms with Gasteiger partial charge in [0.05, 0.1) is 10.6 Å². The summed E-state index contributed by atoms with van der Waals surface area (Å²) in [5, 5.41) is 6.49. The van der Waals surface area contributed by atoms with Crippen molar-refractivity contribution in [3.05, 3.63) is 53.7 Å². The van der Waals surface area contributed by atoms with Gasteiger partial charge >= 0.3 is 0 Å². The molecule has 2 N–H and O–H groups in total. The molecule has 0 fully saturated rings. The van der Waals surface area contributed by atoms with Crippen molar-refractivity contribution in [3.63, 3.8) is 0 Å². The normalized spacial score (nSPS) is 11.5. The number of rotatable bonds is 6. The summed E-state index contributed by atoms with van der Waals surface area (Å²) in [5.41, 5.74) is 6.49. The first-order chi connectivity index (χ1) is 12.4. The maximum atomic E-state index is 12.9. The molecule has 0 atom stereocenters. The lowest BCUT2D eigenvalue weighted by atomic mass is 9.93. The van der Waals surface area contributed by atoms with Crippen LogP contribution in [0.3, 0.4) is 0 Å². The zero-order chi connectivity index (χ0) is 18.7. The molecule has 0 saturated heterocycles. The Bertz CT molecular complexity index is 871. The Balaban J connectivity index is 1.98. The van der Waals surface area contributed by atoms with E-state index in [1.165, 1.54) is 0 Å². The topological polar surface area (TPSA) is 77.0 Å². The number of thiophene rings is 1. The summed E-state index contributed by atoms with van der Waals surface area (Å²) in [6, 6.07) is 13.6. The van der Waals surface area contributed by atoms with Gasteiger partial charge in [-0.3, -0.25) is 4.79 Å². The fraction of sp³-hybridized carbons (Fsp3) is 0.316. The Morgan fingerprint density at radius 2 is 1.96 bits per heavy atom. The summed E-state index contributed by atoms with van der Waals surface area (Å²) < 4.78 is 1.72. The molecule has 0 radical (unpaired) electrons. The van der Waals surface area contributed by atoms with Gasteiger partial charge in [-0.2, -0.15) is 0 Å². The summed E-state index contributed by atoms with van der Waals surface area (Å²) in [6.45, 7) is 5.10. The minimum absolute atomic E-state index is 0.164. The van der Waals surface area contributed by atoms with Gasteiger partial charge in [-0.15, -0.1) is 16.4 Å². The van der Waals surface area contributed by atoms with Crippen LogP contribution in [-0.4, -0.2) is 45.7 Å². The number of aromatic nitrogens is 3. The molecule has 0 bridgehead atoms. The van der Waals surface area contributed by atoms with E-state index in [0.717, 1.165) is 10.6 Å². The van der Waals surface area contributed by atoms with Gasteiger partial charge in [0.2, 0.25) is 5.82 Å². The number of nitrogens with two attached hydrogens (primary N) is 1. The largest absolute Gasteiger partial charge is 0.338 e. The van der Waals surface area contributed by atoms with Crippen LogP contribution in [0, 0.1) is 5.41 Å². The summed E-state index contributed by atoms with van der Waals surface area (Å²) in [7, 11) is 1.76. The van der Waals surface area contributed by atoms with E-state index in [4.69, 9.17) is 5.73 Å². The van der Waals surface area contributed by atoms with Crippen LogP contribution in [0.2, 0.25) is 0 Å². The Hall–Kier alpha value is -2.51. The van der Waals surface area contributed by atoms with E-state index in [0.29, 0.717) is 18.9 Å². The van der Waals surface area contributed by atoms with Crippen LogP contribution in [0.5, 0.6) is 0 Å². The van der Waals surface area contributed by atoms with Gasteiger partial charge in [0.25, 0.3) is 5.91 Å². The lowest BCUT2D eigenvalue weighted by Gasteiger charge is -2.28. The van der Waals surface area contributed by atoms with Crippen molar-refractivity contribution in [1.82, 2.24) is 19.7 Å². The quantitative estimate of drug-likeness (QED) is 0.724. The number of amides is 1. The zero-order valence-electron chi connectivity index (χ0n) is 15.2. The third-order valence-corrected chi connectivity index (χ3v) is 4.97. The van der Waals surface area contributed by atoms with Gasteiger partial charge in [0.1, 0.15) is 0 Å².